The molecule has 34 rings (SSSR count). The zero-order chi connectivity index (χ0) is 62.8. The predicted molar refractivity (Wildman–Crippen MR) is 374 cm³/mol. The van der Waals surface area contributed by atoms with Crippen LogP contribution < -0.4 is 5.73 Å². The lowest BCUT2D eigenvalue weighted by Crippen LogP contribution is -2.56. The van der Waals surface area contributed by atoms with Crippen LogP contribution in [0.3, 0.4) is 0 Å². The number of halogens is 1. The normalized spacial score (nSPS) is 32.9. The first-order valence-electron chi connectivity index (χ1n) is 37.5. The van der Waals surface area contributed by atoms with Gasteiger partial charge in [-0.05, 0) is 276 Å². The standard InChI is InChI=1S/C85H58N2O12.ClH/c1-90-7-9-94-13-15-96-17-19-98-79(88)85(80(89)99-20-18-97-16-14-95-10-8-91-2)83-75-63-53-42-32-25-23-24-26-31(25)44(53)54-43-33(26)30-35-28(24)37-36-27(23)34-29(32)38-45-49-40(34)47(36)57-58-48(37)41(35)50-46-39(30)52(43)66-68-56(46)62-60(50)72(58)81-21-87(4-6-93-12-11-92-5-3-86)22-82(81)73-61(59(49)71(57)81)55(45)67(65(75)51(38)42)77(83)69(73)70(74(62)82)78(68)84(83,85)76(66)64(54)63;/h23,25,27,32,42,51,53,59,65,71H,3-22,86H2,1-2H3;1H. The number of nitrogens with zero attached hydrogens (tertiary/aromatic N) is 1. The van der Waals surface area contributed by atoms with E-state index in [2.05, 4.69) is 4.90 Å². The van der Waals surface area contributed by atoms with Gasteiger partial charge in [0, 0.05) is 86.7 Å². The zero-order valence-electron chi connectivity index (χ0n) is 54.7. The van der Waals surface area contributed by atoms with Crippen LogP contribution >= 0.6 is 12.4 Å². The summed E-state index contributed by atoms with van der Waals surface area (Å²) in [5, 5.41) is 31.0. The molecule has 15 heteroatoms. The molecule has 1 saturated heterocycles. The molecule has 2 fully saturated rings. The number of hydrogen-bond donors (Lipinski definition) is 1. The fourth-order valence-corrected chi connectivity index (χ4v) is 33.3. The van der Waals surface area contributed by atoms with E-state index in [1.807, 2.05) is 0 Å². The summed E-state index contributed by atoms with van der Waals surface area (Å²) in [6.45, 7) is 9.15. The van der Waals surface area contributed by atoms with E-state index >= 15 is 9.59 Å². The number of benzene rings is 10. The van der Waals surface area contributed by atoms with Gasteiger partial charge in [-0.2, -0.15) is 0 Å². The molecule has 20 aliphatic carbocycles. The highest BCUT2D eigenvalue weighted by Gasteiger charge is 3.04. The number of nitrogens with two attached hydrogens (primary N) is 1. The molecule has 0 bridgehead atoms. The summed E-state index contributed by atoms with van der Waals surface area (Å²) >= 11 is 0. The van der Waals surface area contributed by atoms with Crippen molar-refractivity contribution in [2.45, 2.75) is 74.9 Å². The second kappa shape index (κ2) is 14.3. The van der Waals surface area contributed by atoms with Crippen molar-refractivity contribution in [1.82, 2.24) is 4.90 Å². The van der Waals surface area contributed by atoms with E-state index < -0.39 is 33.6 Å². The molecule has 1 heterocycles. The van der Waals surface area contributed by atoms with Crippen LogP contribution in [0, 0.1) is 11.3 Å². The van der Waals surface area contributed by atoms with Crippen molar-refractivity contribution in [1.29, 1.82) is 0 Å². The summed E-state index contributed by atoms with van der Waals surface area (Å²) in [6.07, 6.45) is 0. The minimum absolute atomic E-state index is 0. The van der Waals surface area contributed by atoms with Gasteiger partial charge in [0.05, 0.1) is 103 Å². The molecule has 14 atom stereocenters. The SMILES string of the molecule is COCCOCCOCCOC(=O)C1(C(=O)OCCOCCOCCOC)C23C4=C5c6c7c8c9c(c%10c%11c%12c%13c%14c%15c%16c%17c%18c%19c%20c%21c%22c%23c(c6c6c%22c%22c%20c(c%15%19)c%13c(c%129)c%22c86)C5C5C6c8c9c(c-%17c%12c8C5C%23C%21C%12%18)C5c8c-9c(c2c-%10c8C%112CN(CCOCCOCCN)CC%142C%165)C46)C713.Cl. The number of allylic oxidation sites excluding steroid dienone is 2. The molecule has 14 unspecified atom stereocenters. The summed E-state index contributed by atoms with van der Waals surface area (Å²) in [4.78, 5) is 38.7. The van der Waals surface area contributed by atoms with E-state index in [4.69, 9.17) is 53.1 Å². The van der Waals surface area contributed by atoms with Gasteiger partial charge in [0.2, 0.25) is 0 Å². The first-order chi connectivity index (χ1) is 49.1. The van der Waals surface area contributed by atoms with E-state index in [0.29, 0.717) is 115 Å². The van der Waals surface area contributed by atoms with Crippen LogP contribution in [0.5, 0.6) is 0 Å². The van der Waals surface area contributed by atoms with Gasteiger partial charge in [0.1, 0.15) is 13.2 Å². The van der Waals surface area contributed by atoms with E-state index in [9.17, 15) is 0 Å². The maximum atomic E-state index is 17.9. The second-order valence-corrected chi connectivity index (χ2v) is 34.4. The largest absolute Gasteiger partial charge is 0.462 e. The number of ether oxygens (including phenoxy) is 10. The molecule has 488 valence electrons. The van der Waals surface area contributed by atoms with Gasteiger partial charge in [0.15, 0.2) is 5.41 Å². The lowest BCUT2D eigenvalue weighted by Gasteiger charge is -2.56. The summed E-state index contributed by atoms with van der Waals surface area (Å²) in [5.74, 6) is 1.82. The number of carbonyl (C=O) groups is 2. The van der Waals surface area contributed by atoms with Crippen LogP contribution in [-0.4, -0.2) is 163 Å². The Morgan fingerprint density at radius 2 is 0.930 bits per heavy atom. The Kier molecular flexibility index (Phi) is 7.33. The average molecular weight is 1340 g/mol. The molecule has 0 amide bonds. The summed E-state index contributed by atoms with van der Waals surface area (Å²) < 4.78 is 61.8. The molecular formula is C85H59ClN2O12. The Hall–Kier alpha value is -7.15. The van der Waals surface area contributed by atoms with Gasteiger partial charge in [-0.15, -0.1) is 12.4 Å². The Morgan fingerprint density at radius 3 is 1.65 bits per heavy atom. The van der Waals surface area contributed by atoms with Crippen molar-refractivity contribution in [3.05, 3.63) is 106 Å². The van der Waals surface area contributed by atoms with Crippen LogP contribution in [-0.2, 0) is 78.6 Å². The molecule has 1 aliphatic heterocycles. The molecule has 14 nitrogen and oxygen atoms in total. The van der Waals surface area contributed by atoms with E-state index in [0.717, 1.165) is 19.6 Å². The topological polar surface area (TPSA) is 156 Å². The number of rotatable bonds is 28. The van der Waals surface area contributed by atoms with Crippen molar-refractivity contribution in [2.24, 2.45) is 17.1 Å². The number of esters is 2. The van der Waals surface area contributed by atoms with E-state index in [1.165, 1.54) is 98.6 Å². The molecule has 13 aromatic carbocycles. The molecule has 4 spiro atoms. The van der Waals surface area contributed by atoms with Gasteiger partial charge >= 0.3 is 11.9 Å². The van der Waals surface area contributed by atoms with E-state index in [-0.39, 0.29) is 73.8 Å². The van der Waals surface area contributed by atoms with Crippen molar-refractivity contribution >= 4 is 138 Å². The minimum atomic E-state index is -1.83. The van der Waals surface area contributed by atoms with E-state index in [1.54, 1.807) is 168 Å². The number of methoxy groups -OCH3 is 2. The highest BCUT2D eigenvalue weighted by atomic mass is 35.5. The molecule has 13 aromatic rings. The van der Waals surface area contributed by atoms with Crippen LogP contribution in [0.15, 0.2) is 5.57 Å². The molecule has 1 saturated carbocycles. The molecule has 21 aliphatic rings. The Labute approximate surface area is 573 Å². The Morgan fingerprint density at radius 1 is 0.380 bits per heavy atom. The van der Waals surface area contributed by atoms with Crippen LogP contribution in [0.4, 0.5) is 0 Å². The Balaban J connectivity index is 0.00000520. The molecule has 0 aromatic heterocycles. The number of carbonyl (C=O) groups excluding carboxylic acids is 2. The predicted octanol–water partition coefficient (Wildman–Crippen LogP) is 11.5. The van der Waals surface area contributed by atoms with Gasteiger partial charge in [-0.25, -0.2) is 0 Å². The van der Waals surface area contributed by atoms with Crippen LogP contribution in [0.1, 0.15) is 153 Å². The lowest BCUT2D eigenvalue weighted by molar-refractivity contribution is -0.168. The highest BCUT2D eigenvalue weighted by Crippen LogP contribution is 3.03. The number of hydrogen-bond acceptors (Lipinski definition) is 14. The molecular weight excluding hydrogens is 1280 g/mol. The Bertz CT molecular complexity index is 6650. The van der Waals surface area contributed by atoms with Crippen LogP contribution in [0.25, 0.3) is 147 Å². The van der Waals surface area contributed by atoms with Crippen molar-refractivity contribution in [3.8, 4) is 33.4 Å². The maximum absolute atomic E-state index is 17.9. The fourth-order valence-electron chi connectivity index (χ4n) is 33.3. The fraction of sp³-hybridized carbons (Fsp3) is 0.435. The van der Waals surface area contributed by atoms with Gasteiger partial charge < -0.3 is 53.1 Å². The first-order valence-corrected chi connectivity index (χ1v) is 37.5. The first kappa shape index (κ1) is 51.1. The third kappa shape index (κ3) is 3.66. The van der Waals surface area contributed by atoms with Crippen molar-refractivity contribution in [3.63, 3.8) is 0 Å². The minimum Gasteiger partial charge on any atom is -0.462 e. The average Bonchev–Trinajstić information content (AvgIpc) is 1.35. The molecule has 0 radical (unpaired) electrons. The molecule has 100 heavy (non-hydrogen) atoms. The molecule has 2 N–H and O–H groups in total. The third-order valence-corrected chi connectivity index (χ3v) is 33.4. The summed E-state index contributed by atoms with van der Waals surface area (Å²) in [7, 11) is 3.36. The van der Waals surface area contributed by atoms with Gasteiger partial charge in [-0.3, -0.25) is 14.5 Å². The van der Waals surface area contributed by atoms with Crippen molar-refractivity contribution < 1.29 is 57.0 Å². The number of likely N-dealkylation sites (tertiary alicyclic amines) is 1. The zero-order valence-corrected chi connectivity index (χ0v) is 55.6. The summed E-state index contributed by atoms with van der Waals surface area (Å²) in [6, 6.07) is 0. The monoisotopic (exact) mass is 1330 g/mol. The summed E-state index contributed by atoms with van der Waals surface area (Å²) in [5.41, 5.74) is 42.7. The maximum Gasteiger partial charge on any atom is 0.326 e. The lowest BCUT2D eigenvalue weighted by atomic mass is 9.44. The van der Waals surface area contributed by atoms with Crippen LogP contribution in [0.2, 0.25) is 0 Å². The van der Waals surface area contributed by atoms with Gasteiger partial charge in [-0.1, -0.05) is 0 Å². The van der Waals surface area contributed by atoms with Gasteiger partial charge in [0.25, 0.3) is 0 Å². The quantitative estimate of drug-likeness (QED) is 0.0214. The van der Waals surface area contributed by atoms with Crippen molar-refractivity contribution in [2.75, 3.05) is 146 Å². The smallest absolute Gasteiger partial charge is 0.326 e. The highest BCUT2D eigenvalue weighted by molar-refractivity contribution is 6.65. The third-order valence-electron chi connectivity index (χ3n) is 33.4. The second-order valence-electron chi connectivity index (χ2n) is 34.4.